The van der Waals surface area contributed by atoms with Crippen molar-refractivity contribution in [3.05, 3.63) is 143 Å². The highest BCUT2D eigenvalue weighted by Gasteiger charge is 2.32. The molecule has 2 aliphatic rings. The number of piperidine rings is 2. The Labute approximate surface area is 310 Å². The molecular weight excluding hydrogens is 667 g/mol. The normalized spacial score (nSPS) is 18.8. The van der Waals surface area contributed by atoms with E-state index in [0.717, 1.165) is 114 Å². The van der Waals surface area contributed by atoms with Gasteiger partial charge in [0.25, 0.3) is 0 Å². The number of nitrogens with zero attached hydrogens (tertiary/aromatic N) is 4. The minimum Gasteiger partial charge on any atom is -0.493 e. The van der Waals surface area contributed by atoms with E-state index in [1.807, 2.05) is 61.5 Å². The lowest BCUT2D eigenvalue weighted by Crippen LogP contribution is -2.43. The van der Waals surface area contributed by atoms with Gasteiger partial charge in [0.15, 0.2) is 0 Å². The number of para-hydroxylation sites is 2. The summed E-state index contributed by atoms with van der Waals surface area (Å²) >= 11 is 0. The lowest BCUT2D eigenvalue weighted by atomic mass is 9.82. The van der Waals surface area contributed by atoms with Crippen molar-refractivity contribution in [1.82, 2.24) is 19.8 Å². The first-order valence-electron chi connectivity index (χ1n) is 18.9. The van der Waals surface area contributed by atoms with Gasteiger partial charge in [-0.15, -0.1) is 0 Å². The first-order chi connectivity index (χ1) is 25.9. The summed E-state index contributed by atoms with van der Waals surface area (Å²) in [6.07, 6.45) is 3.58. The molecule has 0 N–H and O–H groups in total. The van der Waals surface area contributed by atoms with Crippen molar-refractivity contribution in [3.63, 3.8) is 0 Å². The van der Waals surface area contributed by atoms with Gasteiger partial charge in [-0.1, -0.05) is 54.6 Å². The van der Waals surface area contributed by atoms with E-state index >= 15 is 0 Å². The zero-order valence-corrected chi connectivity index (χ0v) is 30.3. The van der Waals surface area contributed by atoms with Crippen molar-refractivity contribution in [1.29, 1.82) is 0 Å². The molecule has 2 aromatic heterocycles. The third-order valence-electron chi connectivity index (χ3n) is 10.9. The molecule has 272 valence electrons. The third kappa shape index (κ3) is 8.50. The maximum Gasteiger partial charge on any atom is 0.130 e. The zero-order chi connectivity index (χ0) is 36.1. The van der Waals surface area contributed by atoms with Crippen LogP contribution in [0, 0.1) is 30.4 Å². The summed E-state index contributed by atoms with van der Waals surface area (Å²) in [5.74, 6) is 1.90. The van der Waals surface area contributed by atoms with Gasteiger partial charge >= 0.3 is 0 Å². The number of halogens is 2. The van der Waals surface area contributed by atoms with Crippen molar-refractivity contribution in [2.24, 2.45) is 11.8 Å². The van der Waals surface area contributed by atoms with E-state index in [-0.39, 0.29) is 29.6 Å². The van der Waals surface area contributed by atoms with Gasteiger partial charge < -0.3 is 9.47 Å². The van der Waals surface area contributed by atoms with Gasteiger partial charge in [0.05, 0.1) is 17.6 Å². The first-order valence-corrected chi connectivity index (χ1v) is 18.9. The highest BCUT2D eigenvalue weighted by molar-refractivity contribution is 5.86. The fourth-order valence-electron chi connectivity index (χ4n) is 8.13. The minimum absolute atomic E-state index is 0.0862. The summed E-state index contributed by atoms with van der Waals surface area (Å²) in [5, 5.41) is 2.03. The highest BCUT2D eigenvalue weighted by Crippen LogP contribution is 2.34. The first kappa shape index (κ1) is 35.1. The van der Waals surface area contributed by atoms with Gasteiger partial charge in [0.2, 0.25) is 0 Å². The molecular formula is C45H46F2N4O2. The summed E-state index contributed by atoms with van der Waals surface area (Å²) in [6.45, 7) is 7.36. The number of aromatic nitrogens is 2. The Bertz CT molecular complexity index is 2190. The molecule has 0 amide bonds. The van der Waals surface area contributed by atoms with Crippen LogP contribution in [0.3, 0.4) is 0 Å². The summed E-state index contributed by atoms with van der Waals surface area (Å²) in [4.78, 5) is 14.6. The lowest BCUT2D eigenvalue weighted by Gasteiger charge is -2.38. The van der Waals surface area contributed by atoms with Crippen LogP contribution in [0.25, 0.3) is 21.8 Å². The summed E-state index contributed by atoms with van der Waals surface area (Å²) in [7, 11) is 0. The average Bonchev–Trinajstić information content (AvgIpc) is 3.16. The molecule has 0 bridgehead atoms. The topological polar surface area (TPSA) is 50.7 Å². The molecule has 0 spiro atoms. The molecule has 6 aromatic rings. The number of likely N-dealkylation sites (tertiary alicyclic amines) is 2. The second-order valence-electron chi connectivity index (χ2n) is 14.8. The van der Waals surface area contributed by atoms with E-state index in [9.17, 15) is 8.78 Å². The zero-order valence-electron chi connectivity index (χ0n) is 30.3. The molecule has 8 heteroatoms. The number of hydrogen-bond acceptors (Lipinski definition) is 6. The van der Waals surface area contributed by atoms with Crippen molar-refractivity contribution >= 4 is 21.8 Å². The Balaban J connectivity index is 1.01. The lowest BCUT2D eigenvalue weighted by molar-refractivity contribution is 0.0782. The summed E-state index contributed by atoms with van der Waals surface area (Å²) in [6, 6.07) is 34.5. The molecule has 53 heavy (non-hydrogen) atoms. The standard InChI is InChI=1S/C45H46F2N4O2/c1-31-23-44(39-12-3-6-15-42(39)48-31)52-30-34-17-20-51(28-33-10-2-5-14-41(33)47)29-35(34)25-37-26-45(40-13-4-7-16-43(40)49-37)53-38-18-21-50(22-19-38)27-32-9-8-11-36(46)24-32/h2-16,23-24,26,34-35,38H,17-22,25,27-30H2,1H3. The molecule has 0 radical (unpaired) electrons. The summed E-state index contributed by atoms with van der Waals surface area (Å²) in [5.41, 5.74) is 5.51. The van der Waals surface area contributed by atoms with Crippen LogP contribution in [0.4, 0.5) is 8.78 Å². The molecule has 4 aromatic carbocycles. The van der Waals surface area contributed by atoms with E-state index in [4.69, 9.17) is 19.4 Å². The number of hydrogen-bond donors (Lipinski definition) is 0. The smallest absolute Gasteiger partial charge is 0.130 e. The fraction of sp³-hybridized carbons (Fsp3) is 0.333. The van der Waals surface area contributed by atoms with Gasteiger partial charge in [-0.2, -0.15) is 0 Å². The Morgan fingerprint density at radius 1 is 0.679 bits per heavy atom. The van der Waals surface area contributed by atoms with Crippen LogP contribution in [-0.4, -0.2) is 58.7 Å². The predicted molar refractivity (Wildman–Crippen MR) is 206 cm³/mol. The number of ether oxygens (including phenoxy) is 2. The van der Waals surface area contributed by atoms with Crippen LogP contribution in [0.1, 0.15) is 41.8 Å². The second-order valence-corrected chi connectivity index (χ2v) is 14.8. The number of benzene rings is 4. The molecule has 4 heterocycles. The molecule has 2 saturated heterocycles. The van der Waals surface area contributed by atoms with Crippen LogP contribution >= 0.6 is 0 Å². The SMILES string of the molecule is Cc1cc(OCC2CCN(Cc3ccccc3F)CC2Cc2cc(OC3CCN(Cc4cccc(F)c4)CC3)c3ccccc3n2)c2ccccc2n1. The molecule has 6 nitrogen and oxygen atoms in total. The Kier molecular flexibility index (Phi) is 10.6. The Morgan fingerprint density at radius 3 is 2.19 bits per heavy atom. The molecule has 2 unspecified atom stereocenters. The molecule has 8 rings (SSSR count). The molecule has 2 fully saturated rings. The third-order valence-corrected chi connectivity index (χ3v) is 10.9. The van der Waals surface area contributed by atoms with Crippen molar-refractivity contribution in [3.8, 4) is 11.5 Å². The minimum atomic E-state index is -0.191. The van der Waals surface area contributed by atoms with Crippen LogP contribution in [0.5, 0.6) is 11.5 Å². The van der Waals surface area contributed by atoms with Gasteiger partial charge in [0.1, 0.15) is 29.2 Å². The van der Waals surface area contributed by atoms with Gasteiger partial charge in [-0.05, 0) is 99.0 Å². The van der Waals surface area contributed by atoms with E-state index < -0.39 is 0 Å². The van der Waals surface area contributed by atoms with Crippen LogP contribution < -0.4 is 9.47 Å². The quantitative estimate of drug-likeness (QED) is 0.134. The molecule has 2 aliphatic heterocycles. The van der Waals surface area contributed by atoms with Gasteiger partial charge in [-0.3, -0.25) is 19.8 Å². The van der Waals surface area contributed by atoms with E-state index in [2.05, 4.69) is 34.1 Å². The Hall–Kier alpha value is -4.92. The maximum atomic E-state index is 14.8. The van der Waals surface area contributed by atoms with Crippen LogP contribution in [-0.2, 0) is 19.5 Å². The average molecular weight is 713 g/mol. The number of pyridine rings is 2. The van der Waals surface area contributed by atoms with Crippen molar-refractivity contribution < 1.29 is 18.3 Å². The van der Waals surface area contributed by atoms with Crippen molar-refractivity contribution in [2.45, 2.75) is 51.8 Å². The highest BCUT2D eigenvalue weighted by atomic mass is 19.1. The monoisotopic (exact) mass is 712 g/mol. The maximum absolute atomic E-state index is 14.8. The number of aryl methyl sites for hydroxylation is 1. The number of fused-ring (bicyclic) bond motifs is 2. The molecule has 0 aliphatic carbocycles. The molecule has 2 atom stereocenters. The number of rotatable bonds is 11. The van der Waals surface area contributed by atoms with E-state index in [1.54, 1.807) is 24.3 Å². The van der Waals surface area contributed by atoms with E-state index in [0.29, 0.717) is 13.2 Å². The van der Waals surface area contributed by atoms with E-state index in [1.165, 1.54) is 6.07 Å². The molecule has 0 saturated carbocycles. The predicted octanol–water partition coefficient (Wildman–Crippen LogP) is 9.17. The van der Waals surface area contributed by atoms with Crippen LogP contribution in [0.15, 0.2) is 109 Å². The summed E-state index contributed by atoms with van der Waals surface area (Å²) < 4.78 is 42.0. The van der Waals surface area contributed by atoms with Gasteiger partial charge in [-0.25, -0.2) is 8.78 Å². The van der Waals surface area contributed by atoms with Crippen LogP contribution in [0.2, 0.25) is 0 Å². The fourth-order valence-corrected chi connectivity index (χ4v) is 8.13. The second kappa shape index (κ2) is 16.0. The Morgan fingerprint density at radius 2 is 1.40 bits per heavy atom. The largest absolute Gasteiger partial charge is 0.493 e. The van der Waals surface area contributed by atoms with Crippen molar-refractivity contribution in [2.75, 3.05) is 32.8 Å². The van der Waals surface area contributed by atoms with Gasteiger partial charge in [0, 0.05) is 72.6 Å².